The van der Waals surface area contributed by atoms with Crippen LogP contribution in [0.2, 0.25) is 0 Å². The number of aromatic nitrogens is 2. The minimum atomic E-state index is 0.130. The van der Waals surface area contributed by atoms with E-state index in [0.717, 1.165) is 0 Å². The Labute approximate surface area is 76.1 Å². The Morgan fingerprint density at radius 1 is 1.62 bits per heavy atom. The van der Waals surface area contributed by atoms with Crippen LogP contribution in [-0.2, 0) is 0 Å². The molecule has 5 heteroatoms. The molecular formula is C8H10N4O. The van der Waals surface area contributed by atoms with Crippen LogP contribution in [0, 0.1) is 11.3 Å². The van der Waals surface area contributed by atoms with E-state index in [4.69, 9.17) is 10.4 Å². The second-order valence-corrected chi connectivity index (χ2v) is 2.38. The smallest absolute Gasteiger partial charge is 0.223 e. The van der Waals surface area contributed by atoms with Crippen molar-refractivity contribution in [3.8, 4) is 6.07 Å². The summed E-state index contributed by atoms with van der Waals surface area (Å²) in [5.74, 6) is 0.424. The first-order chi connectivity index (χ1) is 6.36. The second kappa shape index (κ2) is 5.06. The molecule has 2 N–H and O–H groups in total. The standard InChI is InChI=1S/C8H10N4O/c9-6-7-2-4-11-8(12-7)10-3-1-5-13/h2,4,13H,1,3,5H2,(H,10,11,12). The van der Waals surface area contributed by atoms with Crippen LogP contribution >= 0.6 is 0 Å². The van der Waals surface area contributed by atoms with Gasteiger partial charge in [0.25, 0.3) is 0 Å². The first-order valence-electron chi connectivity index (χ1n) is 3.94. The lowest BCUT2D eigenvalue weighted by molar-refractivity contribution is 0.292. The average Bonchev–Trinajstić information content (AvgIpc) is 2.19. The van der Waals surface area contributed by atoms with Crippen molar-refractivity contribution in [2.75, 3.05) is 18.5 Å². The number of anilines is 1. The van der Waals surface area contributed by atoms with Gasteiger partial charge in [-0.3, -0.25) is 0 Å². The van der Waals surface area contributed by atoms with Gasteiger partial charge in [0, 0.05) is 19.3 Å². The summed E-state index contributed by atoms with van der Waals surface area (Å²) in [6.07, 6.45) is 2.16. The molecule has 0 aliphatic heterocycles. The number of aliphatic hydroxyl groups is 1. The molecule has 0 aliphatic carbocycles. The fraction of sp³-hybridized carbons (Fsp3) is 0.375. The topological polar surface area (TPSA) is 81.8 Å². The van der Waals surface area contributed by atoms with E-state index in [1.807, 2.05) is 6.07 Å². The number of hydrogen-bond donors (Lipinski definition) is 2. The lowest BCUT2D eigenvalue weighted by Gasteiger charge is -2.01. The molecule has 0 spiro atoms. The molecule has 0 radical (unpaired) electrons. The lowest BCUT2D eigenvalue weighted by atomic mass is 10.4. The van der Waals surface area contributed by atoms with Crippen molar-refractivity contribution in [3.63, 3.8) is 0 Å². The Morgan fingerprint density at radius 3 is 3.15 bits per heavy atom. The van der Waals surface area contributed by atoms with Crippen LogP contribution in [0.15, 0.2) is 12.3 Å². The van der Waals surface area contributed by atoms with E-state index in [1.54, 1.807) is 0 Å². The van der Waals surface area contributed by atoms with Gasteiger partial charge in [0.15, 0.2) is 0 Å². The number of nitrogens with one attached hydrogen (secondary N) is 1. The highest BCUT2D eigenvalue weighted by atomic mass is 16.3. The zero-order valence-corrected chi connectivity index (χ0v) is 7.06. The molecule has 0 amide bonds. The fourth-order valence-electron chi connectivity index (χ4n) is 0.785. The van der Waals surface area contributed by atoms with Gasteiger partial charge in [-0.15, -0.1) is 0 Å². The first-order valence-corrected chi connectivity index (χ1v) is 3.94. The normalized spacial score (nSPS) is 9.23. The molecule has 1 aromatic heterocycles. The second-order valence-electron chi connectivity index (χ2n) is 2.38. The van der Waals surface area contributed by atoms with E-state index in [1.165, 1.54) is 12.3 Å². The molecule has 0 atom stereocenters. The summed E-state index contributed by atoms with van der Waals surface area (Å²) < 4.78 is 0. The van der Waals surface area contributed by atoms with Crippen molar-refractivity contribution in [2.45, 2.75) is 6.42 Å². The molecular weight excluding hydrogens is 168 g/mol. The average molecular weight is 178 g/mol. The predicted molar refractivity (Wildman–Crippen MR) is 46.9 cm³/mol. The molecule has 0 unspecified atom stereocenters. The monoisotopic (exact) mass is 178 g/mol. The van der Waals surface area contributed by atoms with E-state index in [-0.39, 0.29) is 6.61 Å². The zero-order valence-electron chi connectivity index (χ0n) is 7.06. The Morgan fingerprint density at radius 2 is 2.46 bits per heavy atom. The van der Waals surface area contributed by atoms with Crippen molar-refractivity contribution in [1.29, 1.82) is 5.26 Å². The van der Waals surface area contributed by atoms with Crippen LogP contribution in [0.4, 0.5) is 5.95 Å². The van der Waals surface area contributed by atoms with Gasteiger partial charge < -0.3 is 10.4 Å². The molecule has 0 aliphatic rings. The number of rotatable bonds is 4. The van der Waals surface area contributed by atoms with E-state index in [0.29, 0.717) is 24.6 Å². The van der Waals surface area contributed by atoms with Gasteiger partial charge in [-0.1, -0.05) is 0 Å². The molecule has 13 heavy (non-hydrogen) atoms. The van der Waals surface area contributed by atoms with Crippen molar-refractivity contribution < 1.29 is 5.11 Å². The third-order valence-corrected chi connectivity index (χ3v) is 1.39. The summed E-state index contributed by atoms with van der Waals surface area (Å²) in [6, 6.07) is 3.46. The highest BCUT2D eigenvalue weighted by Crippen LogP contribution is 1.98. The first kappa shape index (κ1) is 9.42. The van der Waals surface area contributed by atoms with Gasteiger partial charge in [0.05, 0.1) is 0 Å². The van der Waals surface area contributed by atoms with Gasteiger partial charge in [-0.25, -0.2) is 9.97 Å². The van der Waals surface area contributed by atoms with Gasteiger partial charge in [0.1, 0.15) is 11.8 Å². The zero-order chi connectivity index (χ0) is 9.52. The molecule has 0 bridgehead atoms. The highest BCUT2D eigenvalue weighted by Gasteiger charge is 1.96. The van der Waals surface area contributed by atoms with E-state index in [2.05, 4.69) is 15.3 Å². The van der Waals surface area contributed by atoms with Crippen molar-refractivity contribution in [3.05, 3.63) is 18.0 Å². The quantitative estimate of drug-likeness (QED) is 0.641. The number of hydrogen-bond acceptors (Lipinski definition) is 5. The Bertz CT molecular complexity index is 307. The molecule has 0 saturated carbocycles. The maximum absolute atomic E-state index is 8.53. The van der Waals surface area contributed by atoms with Crippen LogP contribution in [-0.4, -0.2) is 28.2 Å². The summed E-state index contributed by atoms with van der Waals surface area (Å²) in [6.45, 7) is 0.732. The summed E-state index contributed by atoms with van der Waals surface area (Å²) in [5, 5.41) is 19.9. The van der Waals surface area contributed by atoms with Crippen molar-refractivity contribution in [1.82, 2.24) is 9.97 Å². The summed E-state index contributed by atoms with van der Waals surface area (Å²) in [4.78, 5) is 7.80. The summed E-state index contributed by atoms with van der Waals surface area (Å²) in [7, 11) is 0. The molecule has 0 aromatic carbocycles. The Hall–Kier alpha value is -1.67. The van der Waals surface area contributed by atoms with E-state index >= 15 is 0 Å². The third kappa shape index (κ3) is 3.05. The van der Waals surface area contributed by atoms with Gasteiger partial charge >= 0.3 is 0 Å². The molecule has 0 saturated heterocycles. The lowest BCUT2D eigenvalue weighted by Crippen LogP contribution is -2.07. The molecule has 1 heterocycles. The molecule has 68 valence electrons. The van der Waals surface area contributed by atoms with Crippen LogP contribution in [0.5, 0.6) is 0 Å². The largest absolute Gasteiger partial charge is 0.396 e. The van der Waals surface area contributed by atoms with Crippen LogP contribution in [0.1, 0.15) is 12.1 Å². The maximum Gasteiger partial charge on any atom is 0.223 e. The molecule has 1 aromatic rings. The number of aliphatic hydroxyl groups excluding tert-OH is 1. The minimum Gasteiger partial charge on any atom is -0.396 e. The highest BCUT2D eigenvalue weighted by molar-refractivity contribution is 5.29. The summed E-state index contributed by atoms with van der Waals surface area (Å²) in [5.41, 5.74) is 0.335. The molecule has 0 fully saturated rings. The number of nitrogens with zero attached hydrogens (tertiary/aromatic N) is 3. The molecule has 1 rings (SSSR count). The van der Waals surface area contributed by atoms with Gasteiger partial charge in [-0.2, -0.15) is 5.26 Å². The van der Waals surface area contributed by atoms with Crippen LogP contribution in [0.3, 0.4) is 0 Å². The summed E-state index contributed by atoms with van der Waals surface area (Å²) >= 11 is 0. The predicted octanol–water partition coefficient (Wildman–Crippen LogP) is 0.143. The number of nitriles is 1. The van der Waals surface area contributed by atoms with Gasteiger partial charge in [-0.05, 0) is 12.5 Å². The third-order valence-electron chi connectivity index (χ3n) is 1.39. The van der Waals surface area contributed by atoms with E-state index < -0.39 is 0 Å². The SMILES string of the molecule is N#Cc1ccnc(NCCCO)n1. The maximum atomic E-state index is 8.53. The van der Waals surface area contributed by atoms with Gasteiger partial charge in [0.2, 0.25) is 5.95 Å². The molecule has 5 nitrogen and oxygen atoms in total. The minimum absolute atomic E-state index is 0.130. The van der Waals surface area contributed by atoms with Crippen LogP contribution in [0.25, 0.3) is 0 Å². The Balaban J connectivity index is 2.52. The van der Waals surface area contributed by atoms with Crippen LogP contribution < -0.4 is 5.32 Å². The van der Waals surface area contributed by atoms with Crippen molar-refractivity contribution in [2.24, 2.45) is 0 Å². The Kier molecular flexibility index (Phi) is 3.67. The van der Waals surface area contributed by atoms with Crippen molar-refractivity contribution >= 4 is 5.95 Å². The fourth-order valence-corrected chi connectivity index (χ4v) is 0.785. The van der Waals surface area contributed by atoms with E-state index in [9.17, 15) is 0 Å².